The summed E-state index contributed by atoms with van der Waals surface area (Å²) >= 11 is 0. The van der Waals surface area contributed by atoms with E-state index in [0.29, 0.717) is 18.4 Å². The van der Waals surface area contributed by atoms with Gasteiger partial charge in [0.2, 0.25) is 0 Å². The van der Waals surface area contributed by atoms with E-state index in [1.807, 2.05) is 61.5 Å². The topological polar surface area (TPSA) is 63.0 Å². The Bertz CT molecular complexity index is 940. The fourth-order valence-electron chi connectivity index (χ4n) is 2.61. The van der Waals surface area contributed by atoms with Gasteiger partial charge in [0.15, 0.2) is 0 Å². The van der Waals surface area contributed by atoms with Crippen molar-refractivity contribution in [3.05, 3.63) is 65.7 Å². The number of nitriles is 1. The zero-order chi connectivity index (χ0) is 17.6. The van der Waals surface area contributed by atoms with Crippen molar-refractivity contribution >= 4 is 16.9 Å². The van der Waals surface area contributed by atoms with Gasteiger partial charge in [0.25, 0.3) is 0 Å². The van der Waals surface area contributed by atoms with Gasteiger partial charge in [0, 0.05) is 17.4 Å². The summed E-state index contributed by atoms with van der Waals surface area (Å²) in [5, 5.41) is 9.34. The predicted octanol–water partition coefficient (Wildman–Crippen LogP) is 4.67. The first-order valence-electron chi connectivity index (χ1n) is 8.20. The Morgan fingerprint density at radius 3 is 2.68 bits per heavy atom. The highest BCUT2D eigenvalue weighted by atomic mass is 16.5. The predicted molar refractivity (Wildman–Crippen MR) is 97.0 cm³/mol. The van der Waals surface area contributed by atoms with Crippen LogP contribution in [-0.2, 0) is 4.74 Å². The number of fused-ring (bicyclic) bond motifs is 1. The van der Waals surface area contributed by atoms with E-state index in [0.717, 1.165) is 22.2 Å². The molecule has 1 heterocycles. The van der Waals surface area contributed by atoms with Gasteiger partial charge in [-0.1, -0.05) is 48.0 Å². The summed E-state index contributed by atoms with van der Waals surface area (Å²) in [6, 6.07) is 19.4. The number of hydrogen-bond donors (Lipinski definition) is 0. The molecule has 0 N–H and O–H groups in total. The number of unbranched alkanes of at least 4 members (excludes halogenated alkanes) is 1. The zero-order valence-electron chi connectivity index (χ0n) is 14.0. The lowest BCUT2D eigenvalue weighted by Gasteiger charge is -2.10. The molecule has 0 fully saturated rings. The Hall–Kier alpha value is -3.19. The molecule has 3 rings (SSSR count). The van der Waals surface area contributed by atoms with Crippen LogP contribution in [0.5, 0.6) is 0 Å². The Morgan fingerprint density at radius 2 is 1.92 bits per heavy atom. The molecule has 1 aromatic heterocycles. The summed E-state index contributed by atoms with van der Waals surface area (Å²) in [6.45, 7) is 2.27. The van der Waals surface area contributed by atoms with Gasteiger partial charge >= 0.3 is 5.97 Å². The largest absolute Gasteiger partial charge is 0.462 e. The maximum absolute atomic E-state index is 12.5. The first-order chi connectivity index (χ1) is 12.2. The zero-order valence-corrected chi connectivity index (χ0v) is 14.0. The van der Waals surface area contributed by atoms with E-state index in [1.165, 1.54) is 5.56 Å². The van der Waals surface area contributed by atoms with Crippen LogP contribution in [-0.4, -0.2) is 17.6 Å². The number of para-hydroxylation sites is 1. The third-order valence-corrected chi connectivity index (χ3v) is 3.95. The van der Waals surface area contributed by atoms with Crippen LogP contribution in [0.3, 0.4) is 0 Å². The van der Waals surface area contributed by atoms with E-state index in [1.54, 1.807) is 6.07 Å². The SMILES string of the molecule is Cc1ccc(-c2cc(C(=O)OCCCC#N)c3ccccc3n2)cc1. The van der Waals surface area contributed by atoms with E-state index < -0.39 is 0 Å². The number of hydrogen-bond acceptors (Lipinski definition) is 4. The Balaban J connectivity index is 1.99. The minimum atomic E-state index is -0.384. The molecule has 0 spiro atoms. The Morgan fingerprint density at radius 1 is 1.16 bits per heavy atom. The molecule has 4 nitrogen and oxygen atoms in total. The molecule has 0 aliphatic carbocycles. The second-order valence-electron chi connectivity index (χ2n) is 5.84. The van der Waals surface area contributed by atoms with Crippen molar-refractivity contribution in [2.45, 2.75) is 19.8 Å². The molecule has 0 aliphatic heterocycles. The summed E-state index contributed by atoms with van der Waals surface area (Å²) in [5.74, 6) is -0.384. The Labute approximate surface area is 146 Å². The maximum atomic E-state index is 12.5. The van der Waals surface area contributed by atoms with Gasteiger partial charge in [-0.15, -0.1) is 0 Å². The van der Waals surface area contributed by atoms with Crippen LogP contribution in [0.4, 0.5) is 0 Å². The molecule has 2 aromatic carbocycles. The molecular formula is C21H18N2O2. The highest BCUT2D eigenvalue weighted by Crippen LogP contribution is 2.25. The average molecular weight is 330 g/mol. The molecule has 0 unspecified atom stereocenters. The van der Waals surface area contributed by atoms with Crippen LogP contribution in [0.15, 0.2) is 54.6 Å². The molecule has 0 bridgehead atoms. The van der Waals surface area contributed by atoms with Crippen LogP contribution in [0.1, 0.15) is 28.8 Å². The molecule has 25 heavy (non-hydrogen) atoms. The highest BCUT2D eigenvalue weighted by molar-refractivity contribution is 6.04. The fourth-order valence-corrected chi connectivity index (χ4v) is 2.61. The van der Waals surface area contributed by atoms with E-state index in [-0.39, 0.29) is 12.6 Å². The molecule has 0 saturated carbocycles. The lowest BCUT2D eigenvalue weighted by molar-refractivity contribution is 0.0504. The number of carbonyl (C=O) groups excluding carboxylic acids is 1. The first kappa shape index (κ1) is 16.7. The average Bonchev–Trinajstić information content (AvgIpc) is 2.65. The van der Waals surface area contributed by atoms with E-state index >= 15 is 0 Å². The number of carbonyl (C=O) groups is 1. The normalized spacial score (nSPS) is 10.4. The van der Waals surface area contributed by atoms with Crippen molar-refractivity contribution in [3.63, 3.8) is 0 Å². The molecule has 4 heteroatoms. The second kappa shape index (κ2) is 7.59. The molecule has 0 radical (unpaired) electrons. The van der Waals surface area contributed by atoms with Crippen LogP contribution in [0, 0.1) is 18.3 Å². The number of aryl methyl sites for hydroxylation is 1. The second-order valence-corrected chi connectivity index (χ2v) is 5.84. The van der Waals surface area contributed by atoms with E-state index in [9.17, 15) is 4.79 Å². The lowest BCUT2D eigenvalue weighted by atomic mass is 10.0. The lowest BCUT2D eigenvalue weighted by Crippen LogP contribution is -2.08. The maximum Gasteiger partial charge on any atom is 0.338 e. The van der Waals surface area contributed by atoms with Crippen molar-refractivity contribution in [1.82, 2.24) is 4.98 Å². The van der Waals surface area contributed by atoms with Crippen LogP contribution in [0.2, 0.25) is 0 Å². The quantitative estimate of drug-likeness (QED) is 0.504. The smallest absolute Gasteiger partial charge is 0.338 e. The van der Waals surface area contributed by atoms with Crippen molar-refractivity contribution in [1.29, 1.82) is 5.26 Å². The monoisotopic (exact) mass is 330 g/mol. The number of nitrogens with zero attached hydrogens (tertiary/aromatic N) is 2. The van der Waals surface area contributed by atoms with Gasteiger partial charge < -0.3 is 4.74 Å². The van der Waals surface area contributed by atoms with Crippen molar-refractivity contribution in [3.8, 4) is 17.3 Å². The summed E-state index contributed by atoms with van der Waals surface area (Å²) in [7, 11) is 0. The molecule has 124 valence electrons. The number of benzene rings is 2. The van der Waals surface area contributed by atoms with Gasteiger partial charge in [-0.3, -0.25) is 0 Å². The number of rotatable bonds is 5. The van der Waals surface area contributed by atoms with E-state index in [2.05, 4.69) is 4.98 Å². The fraction of sp³-hybridized carbons (Fsp3) is 0.190. The summed E-state index contributed by atoms with van der Waals surface area (Å²) in [5.41, 5.74) is 4.11. The standard InChI is InChI=1S/C21H18N2O2/c1-15-8-10-16(11-9-15)20-14-18(21(24)25-13-5-4-12-22)17-6-2-3-7-19(17)23-20/h2-3,6-11,14H,4-5,13H2,1H3. The van der Waals surface area contributed by atoms with Crippen LogP contribution < -0.4 is 0 Å². The molecule has 0 saturated heterocycles. The van der Waals surface area contributed by atoms with Crippen LogP contribution in [0.25, 0.3) is 22.2 Å². The van der Waals surface area contributed by atoms with Gasteiger partial charge in [-0.25, -0.2) is 9.78 Å². The van der Waals surface area contributed by atoms with Crippen molar-refractivity contribution in [2.75, 3.05) is 6.61 Å². The number of esters is 1. The third kappa shape index (κ3) is 3.84. The molecular weight excluding hydrogens is 312 g/mol. The van der Waals surface area contributed by atoms with Crippen molar-refractivity contribution < 1.29 is 9.53 Å². The number of ether oxygens (including phenoxy) is 1. The van der Waals surface area contributed by atoms with Gasteiger partial charge in [-0.2, -0.15) is 5.26 Å². The number of aromatic nitrogens is 1. The summed E-state index contributed by atoms with van der Waals surface area (Å²) in [6.07, 6.45) is 0.912. The minimum absolute atomic E-state index is 0.239. The molecule has 0 atom stereocenters. The summed E-state index contributed by atoms with van der Waals surface area (Å²) < 4.78 is 5.33. The Kier molecular flexibility index (Phi) is 5.06. The highest BCUT2D eigenvalue weighted by Gasteiger charge is 2.15. The minimum Gasteiger partial charge on any atom is -0.462 e. The van der Waals surface area contributed by atoms with Gasteiger partial charge in [-0.05, 0) is 25.5 Å². The van der Waals surface area contributed by atoms with Crippen molar-refractivity contribution in [2.24, 2.45) is 0 Å². The van der Waals surface area contributed by atoms with Crippen LogP contribution >= 0.6 is 0 Å². The van der Waals surface area contributed by atoms with Gasteiger partial charge in [0.1, 0.15) is 0 Å². The number of pyridine rings is 1. The molecule has 3 aromatic rings. The van der Waals surface area contributed by atoms with E-state index in [4.69, 9.17) is 10.00 Å². The first-order valence-corrected chi connectivity index (χ1v) is 8.20. The molecule has 0 amide bonds. The summed E-state index contributed by atoms with van der Waals surface area (Å²) in [4.78, 5) is 17.2. The van der Waals surface area contributed by atoms with Gasteiger partial charge in [0.05, 0.1) is 29.5 Å². The third-order valence-electron chi connectivity index (χ3n) is 3.95. The molecule has 0 aliphatic rings.